The second kappa shape index (κ2) is 5.96. The Bertz CT molecular complexity index is 366. The van der Waals surface area contributed by atoms with E-state index in [1.165, 1.54) is 0 Å². The second-order valence-corrected chi connectivity index (χ2v) is 4.74. The Morgan fingerprint density at radius 1 is 1.24 bits per heavy atom. The standard InChI is InChI=1S/C13H23N3O/c1-8(2)11(10(4)14-5)12-9(3)13(17-6)16-7-15-12/h7-8,10-11,14H,1-6H3. The third-order valence-electron chi connectivity index (χ3n) is 3.30. The summed E-state index contributed by atoms with van der Waals surface area (Å²) in [6, 6.07) is 0.369. The number of nitrogens with zero attached hydrogens (tertiary/aromatic N) is 2. The van der Waals surface area contributed by atoms with Crippen LogP contribution in [-0.2, 0) is 0 Å². The van der Waals surface area contributed by atoms with Crippen molar-refractivity contribution in [3.8, 4) is 5.88 Å². The first-order valence-electron chi connectivity index (χ1n) is 6.05. The second-order valence-electron chi connectivity index (χ2n) is 4.74. The molecule has 0 fully saturated rings. The molecular formula is C13H23N3O. The lowest BCUT2D eigenvalue weighted by Gasteiger charge is -2.28. The average molecular weight is 237 g/mol. The Morgan fingerprint density at radius 3 is 2.35 bits per heavy atom. The van der Waals surface area contributed by atoms with E-state index in [1.54, 1.807) is 13.4 Å². The van der Waals surface area contributed by atoms with E-state index >= 15 is 0 Å². The quantitative estimate of drug-likeness (QED) is 0.852. The zero-order valence-electron chi connectivity index (χ0n) is 11.6. The molecule has 1 heterocycles. The molecular weight excluding hydrogens is 214 g/mol. The van der Waals surface area contributed by atoms with Crippen LogP contribution in [0.25, 0.3) is 0 Å². The van der Waals surface area contributed by atoms with E-state index in [0.29, 0.717) is 23.8 Å². The summed E-state index contributed by atoms with van der Waals surface area (Å²) in [7, 11) is 3.62. The third-order valence-corrected chi connectivity index (χ3v) is 3.30. The van der Waals surface area contributed by atoms with Crippen LogP contribution in [0.2, 0.25) is 0 Å². The fourth-order valence-corrected chi connectivity index (χ4v) is 2.30. The summed E-state index contributed by atoms with van der Waals surface area (Å²) in [5, 5.41) is 3.31. The van der Waals surface area contributed by atoms with Crippen molar-refractivity contribution in [1.29, 1.82) is 0 Å². The first-order chi connectivity index (χ1) is 8.02. The molecule has 2 atom stereocenters. The van der Waals surface area contributed by atoms with Gasteiger partial charge in [-0.2, -0.15) is 0 Å². The zero-order chi connectivity index (χ0) is 13.0. The van der Waals surface area contributed by atoms with Crippen LogP contribution in [0.1, 0.15) is 37.9 Å². The van der Waals surface area contributed by atoms with E-state index in [4.69, 9.17) is 4.74 Å². The van der Waals surface area contributed by atoms with Crippen molar-refractivity contribution in [1.82, 2.24) is 15.3 Å². The molecule has 1 rings (SSSR count). The number of aromatic nitrogens is 2. The van der Waals surface area contributed by atoms with Crippen LogP contribution < -0.4 is 10.1 Å². The van der Waals surface area contributed by atoms with Gasteiger partial charge in [0.1, 0.15) is 6.33 Å². The zero-order valence-corrected chi connectivity index (χ0v) is 11.6. The minimum absolute atomic E-state index is 0.358. The normalized spacial score (nSPS) is 14.8. The molecule has 4 nitrogen and oxygen atoms in total. The fraction of sp³-hybridized carbons (Fsp3) is 0.692. The highest BCUT2D eigenvalue weighted by molar-refractivity contribution is 5.31. The maximum absolute atomic E-state index is 5.26. The molecule has 0 aromatic carbocycles. The molecule has 0 saturated carbocycles. The van der Waals surface area contributed by atoms with E-state index in [0.717, 1.165) is 11.3 Å². The van der Waals surface area contributed by atoms with Crippen molar-refractivity contribution >= 4 is 0 Å². The summed E-state index contributed by atoms with van der Waals surface area (Å²) >= 11 is 0. The number of hydrogen-bond donors (Lipinski definition) is 1. The van der Waals surface area contributed by atoms with Crippen molar-refractivity contribution < 1.29 is 4.74 Å². The predicted octanol–water partition coefficient (Wildman–Crippen LogP) is 2.14. The topological polar surface area (TPSA) is 47.0 Å². The van der Waals surface area contributed by atoms with Gasteiger partial charge in [0.25, 0.3) is 0 Å². The molecule has 0 aliphatic heterocycles. The van der Waals surface area contributed by atoms with Crippen LogP contribution in [0.4, 0.5) is 0 Å². The van der Waals surface area contributed by atoms with E-state index in [2.05, 4.69) is 36.1 Å². The maximum atomic E-state index is 5.26. The van der Waals surface area contributed by atoms with Crippen LogP contribution in [0.5, 0.6) is 5.88 Å². The molecule has 1 N–H and O–H groups in total. The number of ether oxygens (including phenoxy) is 1. The van der Waals surface area contributed by atoms with Gasteiger partial charge in [0.2, 0.25) is 5.88 Å². The summed E-state index contributed by atoms with van der Waals surface area (Å²) < 4.78 is 5.26. The SMILES string of the molecule is CNC(C)C(c1ncnc(OC)c1C)C(C)C. The molecule has 0 amide bonds. The van der Waals surface area contributed by atoms with Gasteiger partial charge in [0.15, 0.2) is 0 Å². The Balaban J connectivity index is 3.19. The monoisotopic (exact) mass is 237 g/mol. The Hall–Kier alpha value is -1.16. The summed E-state index contributed by atoms with van der Waals surface area (Å²) in [5.41, 5.74) is 2.12. The smallest absolute Gasteiger partial charge is 0.219 e. The summed E-state index contributed by atoms with van der Waals surface area (Å²) in [6.07, 6.45) is 1.58. The molecule has 0 aliphatic rings. The number of nitrogens with one attached hydrogen (secondary N) is 1. The van der Waals surface area contributed by atoms with E-state index < -0.39 is 0 Å². The van der Waals surface area contributed by atoms with Gasteiger partial charge in [-0.1, -0.05) is 13.8 Å². The first-order valence-corrected chi connectivity index (χ1v) is 6.05. The first kappa shape index (κ1) is 13.9. The summed E-state index contributed by atoms with van der Waals surface area (Å²) in [5.74, 6) is 1.54. The molecule has 0 bridgehead atoms. The molecule has 4 heteroatoms. The van der Waals surface area contributed by atoms with Crippen LogP contribution >= 0.6 is 0 Å². The maximum Gasteiger partial charge on any atom is 0.219 e. The number of likely N-dealkylation sites (N-methyl/N-ethyl adjacent to an activating group) is 1. The lowest BCUT2D eigenvalue weighted by molar-refractivity contribution is 0.370. The van der Waals surface area contributed by atoms with Gasteiger partial charge in [-0.15, -0.1) is 0 Å². The van der Waals surface area contributed by atoms with Crippen molar-refractivity contribution in [2.45, 2.75) is 39.7 Å². The van der Waals surface area contributed by atoms with Gasteiger partial charge in [-0.25, -0.2) is 9.97 Å². The molecule has 0 saturated heterocycles. The van der Waals surface area contributed by atoms with E-state index in [1.807, 2.05) is 14.0 Å². The van der Waals surface area contributed by atoms with E-state index in [-0.39, 0.29) is 0 Å². The molecule has 17 heavy (non-hydrogen) atoms. The van der Waals surface area contributed by atoms with Gasteiger partial charge in [0, 0.05) is 17.5 Å². The van der Waals surface area contributed by atoms with Crippen molar-refractivity contribution in [3.63, 3.8) is 0 Å². The number of methoxy groups -OCH3 is 1. The Kier molecular flexibility index (Phi) is 4.87. The van der Waals surface area contributed by atoms with Crippen LogP contribution in [0, 0.1) is 12.8 Å². The minimum Gasteiger partial charge on any atom is -0.481 e. The van der Waals surface area contributed by atoms with Crippen molar-refractivity contribution in [2.75, 3.05) is 14.2 Å². The van der Waals surface area contributed by atoms with Crippen molar-refractivity contribution in [2.24, 2.45) is 5.92 Å². The Labute approximate surface area is 104 Å². The number of hydrogen-bond acceptors (Lipinski definition) is 4. The fourth-order valence-electron chi connectivity index (χ4n) is 2.30. The van der Waals surface area contributed by atoms with Crippen LogP contribution in [0.15, 0.2) is 6.33 Å². The molecule has 1 aromatic heterocycles. The Morgan fingerprint density at radius 2 is 1.88 bits per heavy atom. The lowest BCUT2D eigenvalue weighted by atomic mass is 9.84. The molecule has 0 radical (unpaired) electrons. The average Bonchev–Trinajstić information content (AvgIpc) is 2.31. The van der Waals surface area contributed by atoms with Gasteiger partial charge in [-0.05, 0) is 26.8 Å². The highest BCUT2D eigenvalue weighted by Crippen LogP contribution is 2.31. The molecule has 2 unspecified atom stereocenters. The largest absolute Gasteiger partial charge is 0.481 e. The van der Waals surface area contributed by atoms with Gasteiger partial charge in [0.05, 0.1) is 12.8 Å². The predicted molar refractivity (Wildman–Crippen MR) is 69.4 cm³/mol. The van der Waals surface area contributed by atoms with Gasteiger partial charge < -0.3 is 10.1 Å². The molecule has 96 valence electrons. The minimum atomic E-state index is 0.358. The summed E-state index contributed by atoms with van der Waals surface area (Å²) in [4.78, 5) is 8.58. The summed E-state index contributed by atoms with van der Waals surface area (Å²) in [6.45, 7) is 8.63. The van der Waals surface area contributed by atoms with Crippen molar-refractivity contribution in [3.05, 3.63) is 17.6 Å². The van der Waals surface area contributed by atoms with Crippen LogP contribution in [-0.4, -0.2) is 30.2 Å². The highest BCUT2D eigenvalue weighted by atomic mass is 16.5. The van der Waals surface area contributed by atoms with Crippen LogP contribution in [0.3, 0.4) is 0 Å². The molecule has 0 aliphatic carbocycles. The molecule has 0 spiro atoms. The van der Waals surface area contributed by atoms with Gasteiger partial charge >= 0.3 is 0 Å². The highest BCUT2D eigenvalue weighted by Gasteiger charge is 2.26. The lowest BCUT2D eigenvalue weighted by Crippen LogP contribution is -2.33. The molecule has 1 aromatic rings. The van der Waals surface area contributed by atoms with Gasteiger partial charge in [-0.3, -0.25) is 0 Å². The number of rotatable bonds is 5. The third kappa shape index (κ3) is 2.94. The van der Waals surface area contributed by atoms with E-state index in [9.17, 15) is 0 Å².